The first-order valence-electron chi connectivity index (χ1n) is 5.03. The lowest BCUT2D eigenvalue weighted by Gasteiger charge is -2.17. The smallest absolute Gasteiger partial charge is 0.334 e. The second-order valence-electron chi connectivity index (χ2n) is 3.55. The summed E-state index contributed by atoms with van der Waals surface area (Å²) in [5, 5.41) is 43.9. The van der Waals surface area contributed by atoms with Crippen LogP contribution in [0, 0.1) is 5.92 Å². The van der Waals surface area contributed by atoms with Crippen LogP contribution in [0.15, 0.2) is 11.3 Å². The Balaban J connectivity index is 5.39. The monoisotopic (exact) mass is 278 g/mol. The maximum atomic E-state index is 10.8. The number of ether oxygens (including phenoxy) is 1. The van der Waals surface area contributed by atoms with Crippen molar-refractivity contribution in [1.82, 2.24) is 0 Å². The number of aliphatic hydroxyl groups is 2. The molecule has 0 saturated carbocycles. The van der Waals surface area contributed by atoms with Crippen molar-refractivity contribution in [1.29, 1.82) is 0 Å². The van der Waals surface area contributed by atoms with Crippen molar-refractivity contribution >= 4 is 17.9 Å². The van der Waals surface area contributed by atoms with Crippen molar-refractivity contribution in [3.63, 3.8) is 0 Å². The van der Waals surface area contributed by atoms with Crippen LogP contribution in [0.1, 0.15) is 6.92 Å². The molecule has 1 unspecified atom stereocenters. The van der Waals surface area contributed by atoms with Gasteiger partial charge in [0, 0.05) is 0 Å². The summed E-state index contributed by atoms with van der Waals surface area (Å²) in [7, 11) is 0. The van der Waals surface area contributed by atoms with Gasteiger partial charge >= 0.3 is 17.9 Å². The van der Waals surface area contributed by atoms with E-state index in [4.69, 9.17) is 30.3 Å². The molecule has 0 spiro atoms. The Kier molecular flexibility index (Phi) is 6.51. The number of hydrogen-bond acceptors (Lipinski definition) is 6. The molecule has 0 fully saturated rings. The predicted octanol–water partition coefficient (Wildman–Crippen LogP) is -1.50. The zero-order chi connectivity index (χ0) is 15.2. The van der Waals surface area contributed by atoms with Crippen LogP contribution in [-0.4, -0.2) is 62.8 Å². The van der Waals surface area contributed by atoms with Crippen molar-refractivity contribution in [2.45, 2.75) is 13.0 Å². The number of carboxylic acids is 3. The Labute approximate surface area is 107 Å². The normalized spacial score (nSPS) is 13.7. The Morgan fingerprint density at radius 2 is 1.58 bits per heavy atom. The van der Waals surface area contributed by atoms with Gasteiger partial charge in [-0.3, -0.25) is 9.59 Å². The lowest BCUT2D eigenvalue weighted by molar-refractivity contribution is -0.154. The van der Waals surface area contributed by atoms with Crippen LogP contribution in [0.5, 0.6) is 0 Å². The van der Waals surface area contributed by atoms with Crippen molar-refractivity contribution in [3.8, 4) is 0 Å². The number of hydrogen-bond donors (Lipinski definition) is 5. The van der Waals surface area contributed by atoms with Gasteiger partial charge in [-0.2, -0.15) is 0 Å². The minimum atomic E-state index is -2.21. The summed E-state index contributed by atoms with van der Waals surface area (Å²) in [6.45, 7) is -0.362. The number of aliphatic hydroxyl groups excluding tert-OH is 2. The molecule has 0 aromatic heterocycles. The highest BCUT2D eigenvalue weighted by Gasteiger charge is 2.35. The summed E-state index contributed by atoms with van der Waals surface area (Å²) in [5.74, 6) is -8.17. The topological polar surface area (TPSA) is 162 Å². The molecule has 0 aliphatic rings. The van der Waals surface area contributed by atoms with Gasteiger partial charge < -0.3 is 30.3 Å². The van der Waals surface area contributed by atoms with E-state index in [-0.39, 0.29) is 0 Å². The molecule has 0 bridgehead atoms. The largest absolute Gasteiger partial charge is 0.493 e. The van der Waals surface area contributed by atoms with Crippen molar-refractivity contribution < 1.29 is 44.7 Å². The molecule has 0 heterocycles. The number of carboxylic acid groups (broad SMARTS) is 3. The molecule has 1 atom stereocenters. The second-order valence-corrected chi connectivity index (χ2v) is 3.55. The average molecular weight is 278 g/mol. The van der Waals surface area contributed by atoms with E-state index in [2.05, 4.69) is 0 Å². The molecular formula is C10H14O9. The van der Waals surface area contributed by atoms with E-state index in [9.17, 15) is 14.4 Å². The van der Waals surface area contributed by atoms with Crippen LogP contribution in [0.3, 0.4) is 0 Å². The summed E-state index contributed by atoms with van der Waals surface area (Å²) in [5.41, 5.74) is -0.611. The van der Waals surface area contributed by atoms with Crippen LogP contribution in [0.4, 0.5) is 0 Å². The van der Waals surface area contributed by atoms with E-state index in [1.807, 2.05) is 0 Å². The molecule has 5 N–H and O–H groups in total. The molecule has 0 aliphatic heterocycles. The molecule has 0 rings (SSSR count). The Morgan fingerprint density at radius 1 is 1.11 bits per heavy atom. The van der Waals surface area contributed by atoms with E-state index in [1.54, 1.807) is 0 Å². The zero-order valence-corrected chi connectivity index (χ0v) is 9.94. The van der Waals surface area contributed by atoms with E-state index in [1.165, 1.54) is 0 Å². The van der Waals surface area contributed by atoms with Gasteiger partial charge in [0.15, 0.2) is 0 Å². The minimum Gasteiger partial charge on any atom is -0.493 e. The first kappa shape index (κ1) is 16.9. The molecule has 0 amide bonds. The zero-order valence-electron chi connectivity index (χ0n) is 9.94. The number of rotatable bonds is 8. The fraction of sp³-hybridized carbons (Fsp3) is 0.500. The summed E-state index contributed by atoms with van der Waals surface area (Å²) < 4.78 is 4.73. The van der Waals surface area contributed by atoms with Crippen molar-refractivity contribution in [3.05, 3.63) is 11.3 Å². The van der Waals surface area contributed by atoms with Crippen LogP contribution in [0.25, 0.3) is 0 Å². The van der Waals surface area contributed by atoms with Gasteiger partial charge in [0.05, 0.1) is 12.2 Å². The highest BCUT2D eigenvalue weighted by molar-refractivity contribution is 5.98. The predicted molar refractivity (Wildman–Crippen MR) is 58.1 cm³/mol. The molecule has 9 nitrogen and oxygen atoms in total. The van der Waals surface area contributed by atoms with E-state index < -0.39 is 54.5 Å². The van der Waals surface area contributed by atoms with Gasteiger partial charge in [0.1, 0.15) is 18.5 Å². The first-order chi connectivity index (χ1) is 8.72. The summed E-state index contributed by atoms with van der Waals surface area (Å²) in [4.78, 5) is 32.4. The Morgan fingerprint density at radius 3 is 1.89 bits per heavy atom. The van der Waals surface area contributed by atoms with Crippen LogP contribution < -0.4 is 0 Å². The van der Waals surface area contributed by atoms with Gasteiger partial charge in [-0.05, 0) is 6.92 Å². The van der Waals surface area contributed by atoms with Crippen LogP contribution in [0.2, 0.25) is 0 Å². The third-order valence-corrected chi connectivity index (χ3v) is 2.09. The van der Waals surface area contributed by atoms with Crippen molar-refractivity contribution in [2.75, 3.05) is 13.2 Å². The molecule has 108 valence electrons. The second kappa shape index (κ2) is 7.34. The molecule has 9 heteroatoms. The molecule has 0 saturated heterocycles. The standard InChI is InChI=1S/C10H14O9/c1-4(8(13)14)7(19-3-5(12)2-11)6(9(15)16)10(17)18/h5-6,11-12H,2-3H2,1H3,(H,13,14)(H,15,16)(H,17,18). The molecule has 0 aromatic rings. The van der Waals surface area contributed by atoms with E-state index >= 15 is 0 Å². The highest BCUT2D eigenvalue weighted by Crippen LogP contribution is 2.19. The lowest BCUT2D eigenvalue weighted by atomic mass is 10.0. The number of aliphatic carboxylic acids is 3. The summed E-state index contributed by atoms with van der Waals surface area (Å²) in [6.07, 6.45) is -1.39. The average Bonchev–Trinajstić information content (AvgIpc) is 2.31. The van der Waals surface area contributed by atoms with Gasteiger partial charge in [-0.15, -0.1) is 0 Å². The van der Waals surface area contributed by atoms with Crippen molar-refractivity contribution in [2.24, 2.45) is 5.92 Å². The third kappa shape index (κ3) is 4.94. The first-order valence-corrected chi connectivity index (χ1v) is 5.03. The quantitative estimate of drug-likeness (QED) is 0.202. The van der Waals surface area contributed by atoms with Gasteiger partial charge in [-0.1, -0.05) is 0 Å². The molecular weight excluding hydrogens is 264 g/mol. The fourth-order valence-electron chi connectivity index (χ4n) is 1.08. The summed E-state index contributed by atoms with van der Waals surface area (Å²) in [6, 6.07) is 0. The maximum Gasteiger partial charge on any atom is 0.334 e. The molecule has 0 radical (unpaired) electrons. The van der Waals surface area contributed by atoms with E-state index in [0.29, 0.717) is 0 Å². The highest BCUT2D eigenvalue weighted by atomic mass is 16.5. The van der Waals surface area contributed by atoms with Crippen LogP contribution >= 0.6 is 0 Å². The van der Waals surface area contributed by atoms with E-state index in [0.717, 1.165) is 6.92 Å². The third-order valence-electron chi connectivity index (χ3n) is 2.09. The molecule has 19 heavy (non-hydrogen) atoms. The van der Waals surface area contributed by atoms with Crippen LogP contribution in [-0.2, 0) is 19.1 Å². The SMILES string of the molecule is CC(C(=O)O)=C(OCC(O)CO)C(C(=O)O)C(=O)O. The summed E-state index contributed by atoms with van der Waals surface area (Å²) >= 11 is 0. The van der Waals surface area contributed by atoms with Gasteiger partial charge in [-0.25, -0.2) is 4.79 Å². The fourth-order valence-corrected chi connectivity index (χ4v) is 1.08. The molecule has 0 aromatic carbocycles. The number of carbonyl (C=O) groups is 3. The van der Waals surface area contributed by atoms with Gasteiger partial charge in [0.25, 0.3) is 0 Å². The lowest BCUT2D eigenvalue weighted by Crippen LogP contribution is -2.30. The van der Waals surface area contributed by atoms with Gasteiger partial charge in [0.2, 0.25) is 5.92 Å². The maximum absolute atomic E-state index is 10.8. The Hall–Kier alpha value is -2.13. The molecule has 0 aliphatic carbocycles. The minimum absolute atomic E-state index is 0.611. The Bertz CT molecular complexity index is 384.